The Bertz CT molecular complexity index is 757. The van der Waals surface area contributed by atoms with Crippen LogP contribution in [0, 0.1) is 10.1 Å². The fraction of sp³-hybridized carbons (Fsp3) is 0.471. The van der Waals surface area contributed by atoms with Gasteiger partial charge in [-0.3, -0.25) is 14.9 Å². The third-order valence-electron chi connectivity index (χ3n) is 2.58. The quantitative estimate of drug-likeness (QED) is 0.248. The highest BCUT2D eigenvalue weighted by Gasteiger charge is 2.27. The molecule has 0 heterocycles. The lowest BCUT2D eigenvalue weighted by Crippen LogP contribution is -2.27. The molecule has 10 nitrogen and oxygen atoms in total. The van der Waals surface area contributed by atoms with Gasteiger partial charge in [0.05, 0.1) is 16.6 Å². The maximum Gasteiger partial charge on any atom is 0.514 e. The minimum absolute atomic E-state index is 0.206. The van der Waals surface area contributed by atoms with Crippen molar-refractivity contribution in [3.63, 3.8) is 0 Å². The number of nitrogens with zero attached hydrogens (tertiary/aromatic N) is 1. The molecule has 0 aromatic heterocycles. The van der Waals surface area contributed by atoms with Gasteiger partial charge < -0.3 is 18.9 Å². The van der Waals surface area contributed by atoms with Gasteiger partial charge in [-0.1, -0.05) is 0 Å². The summed E-state index contributed by atoms with van der Waals surface area (Å²) in [7, 11) is 0. The van der Waals surface area contributed by atoms with E-state index in [4.69, 9.17) is 18.9 Å². The third-order valence-corrected chi connectivity index (χ3v) is 2.58. The number of hydrogen-bond acceptors (Lipinski definition) is 9. The molecule has 0 N–H and O–H groups in total. The summed E-state index contributed by atoms with van der Waals surface area (Å²) in [4.78, 5) is 45.1. The van der Waals surface area contributed by atoms with Crippen molar-refractivity contribution in [2.75, 3.05) is 0 Å². The molecular formula is C17H21NO9. The second-order valence-corrected chi connectivity index (χ2v) is 7.37. The molecule has 0 saturated carbocycles. The molecule has 1 rings (SSSR count). The van der Waals surface area contributed by atoms with Crippen molar-refractivity contribution < 1.29 is 38.3 Å². The van der Waals surface area contributed by atoms with E-state index in [0.29, 0.717) is 0 Å². The Balaban J connectivity index is 3.28. The molecule has 0 amide bonds. The molecule has 1 aromatic carbocycles. The van der Waals surface area contributed by atoms with Crippen LogP contribution in [0.2, 0.25) is 0 Å². The average Bonchev–Trinajstić information content (AvgIpc) is 2.44. The van der Waals surface area contributed by atoms with Gasteiger partial charge in [0.2, 0.25) is 0 Å². The van der Waals surface area contributed by atoms with Crippen LogP contribution < -0.4 is 9.47 Å². The zero-order valence-corrected chi connectivity index (χ0v) is 15.9. The largest absolute Gasteiger partial charge is 0.514 e. The molecule has 0 aliphatic rings. The van der Waals surface area contributed by atoms with Crippen LogP contribution in [0.5, 0.6) is 11.5 Å². The van der Waals surface area contributed by atoms with Crippen molar-refractivity contribution in [2.24, 2.45) is 0 Å². The highest BCUT2D eigenvalue weighted by molar-refractivity contribution is 5.84. The number of nitro groups is 1. The number of rotatable bonds is 4. The van der Waals surface area contributed by atoms with Gasteiger partial charge in [-0.2, -0.15) is 0 Å². The van der Waals surface area contributed by atoms with E-state index in [2.05, 4.69) is 0 Å². The van der Waals surface area contributed by atoms with Gasteiger partial charge in [-0.05, 0) is 41.5 Å². The van der Waals surface area contributed by atoms with Crippen LogP contribution in [-0.4, -0.2) is 34.7 Å². The topological polar surface area (TPSA) is 131 Å². The van der Waals surface area contributed by atoms with E-state index in [1.165, 1.54) is 0 Å². The molecule has 0 fully saturated rings. The second-order valence-electron chi connectivity index (χ2n) is 7.37. The lowest BCUT2D eigenvalue weighted by molar-refractivity contribution is -0.385. The summed E-state index contributed by atoms with van der Waals surface area (Å²) >= 11 is 0. The minimum atomic E-state index is -1.18. The number of ether oxygens (including phenoxy) is 4. The van der Waals surface area contributed by atoms with E-state index in [9.17, 15) is 24.5 Å². The SMILES string of the molecule is CC(C)(C)OC(=O)Oc1cc(C=O)c([N+](=O)[O-])cc1OC(=O)OC(C)(C)C. The van der Waals surface area contributed by atoms with Gasteiger partial charge in [-0.25, -0.2) is 9.59 Å². The Kier molecular flexibility index (Phi) is 6.50. The van der Waals surface area contributed by atoms with Crippen LogP contribution in [0.25, 0.3) is 0 Å². The smallest absolute Gasteiger partial charge is 0.428 e. The van der Waals surface area contributed by atoms with Gasteiger partial charge in [-0.15, -0.1) is 0 Å². The fourth-order valence-corrected chi connectivity index (χ4v) is 1.70. The first-order valence-corrected chi connectivity index (χ1v) is 7.81. The minimum Gasteiger partial charge on any atom is -0.428 e. The van der Waals surface area contributed by atoms with Crippen molar-refractivity contribution in [2.45, 2.75) is 52.7 Å². The molecule has 0 radical (unpaired) electrons. The zero-order chi connectivity index (χ0) is 21.0. The molecular weight excluding hydrogens is 362 g/mol. The molecule has 0 unspecified atom stereocenters. The summed E-state index contributed by atoms with van der Waals surface area (Å²) in [6, 6.07) is 1.68. The number of carbonyl (C=O) groups is 3. The molecule has 27 heavy (non-hydrogen) atoms. The Morgan fingerprint density at radius 2 is 1.33 bits per heavy atom. The normalized spacial score (nSPS) is 11.3. The van der Waals surface area contributed by atoms with Crippen molar-refractivity contribution in [3.05, 3.63) is 27.8 Å². The molecule has 10 heteroatoms. The summed E-state index contributed by atoms with van der Waals surface area (Å²) in [5.41, 5.74) is -2.79. The monoisotopic (exact) mass is 383 g/mol. The first-order valence-electron chi connectivity index (χ1n) is 7.81. The van der Waals surface area contributed by atoms with Gasteiger partial charge in [0.25, 0.3) is 5.69 Å². The standard InChI is InChI=1S/C17H21NO9/c1-16(2,3)26-14(20)24-12-7-10(9-19)11(18(22)23)8-13(12)25-15(21)27-17(4,5)6/h7-9H,1-6H3. The van der Waals surface area contributed by atoms with Gasteiger partial charge >= 0.3 is 12.3 Å². The lowest BCUT2D eigenvalue weighted by atomic mass is 10.1. The maximum absolute atomic E-state index is 11.9. The molecule has 0 bridgehead atoms. The number of carbonyl (C=O) groups excluding carboxylic acids is 3. The second kappa shape index (κ2) is 8.02. The van der Waals surface area contributed by atoms with E-state index in [-0.39, 0.29) is 11.8 Å². The molecule has 148 valence electrons. The first-order chi connectivity index (χ1) is 12.2. The number of nitro benzene ring substituents is 1. The molecule has 0 atom stereocenters. The van der Waals surface area contributed by atoms with E-state index in [1.807, 2.05) is 0 Å². The summed E-state index contributed by atoms with van der Waals surface area (Å²) in [5, 5.41) is 11.1. The fourth-order valence-electron chi connectivity index (χ4n) is 1.70. The van der Waals surface area contributed by atoms with E-state index in [1.54, 1.807) is 41.5 Å². The maximum atomic E-state index is 11.9. The van der Waals surface area contributed by atoms with Gasteiger partial charge in [0.15, 0.2) is 17.8 Å². The average molecular weight is 383 g/mol. The summed E-state index contributed by atoms with van der Waals surface area (Å²) in [6.45, 7) is 9.55. The number of benzene rings is 1. The summed E-state index contributed by atoms with van der Waals surface area (Å²) < 4.78 is 19.8. The predicted molar refractivity (Wildman–Crippen MR) is 92.2 cm³/mol. The summed E-state index contributed by atoms with van der Waals surface area (Å²) in [5.74, 6) is -0.893. The Hall–Kier alpha value is -3.17. The van der Waals surface area contributed by atoms with Crippen LogP contribution in [0.3, 0.4) is 0 Å². The van der Waals surface area contributed by atoms with Crippen molar-refractivity contribution in [3.8, 4) is 11.5 Å². The van der Waals surface area contributed by atoms with E-state index in [0.717, 1.165) is 12.1 Å². The first kappa shape index (κ1) is 21.9. The molecule has 1 aromatic rings. The molecule has 0 saturated heterocycles. The van der Waals surface area contributed by atoms with Crippen molar-refractivity contribution in [1.82, 2.24) is 0 Å². The Labute approximate surface area is 155 Å². The molecule has 0 aliphatic carbocycles. The van der Waals surface area contributed by atoms with Gasteiger partial charge in [0, 0.05) is 6.07 Å². The highest BCUT2D eigenvalue weighted by atomic mass is 16.8. The highest BCUT2D eigenvalue weighted by Crippen LogP contribution is 2.35. The van der Waals surface area contributed by atoms with Crippen molar-refractivity contribution in [1.29, 1.82) is 0 Å². The van der Waals surface area contributed by atoms with Crippen LogP contribution in [0.4, 0.5) is 15.3 Å². The summed E-state index contributed by atoms with van der Waals surface area (Å²) in [6.07, 6.45) is -2.12. The Morgan fingerprint density at radius 3 is 1.67 bits per heavy atom. The van der Waals surface area contributed by atoms with E-state index < -0.39 is 45.6 Å². The Morgan fingerprint density at radius 1 is 0.926 bits per heavy atom. The van der Waals surface area contributed by atoms with Crippen LogP contribution >= 0.6 is 0 Å². The number of aldehydes is 1. The third kappa shape index (κ3) is 7.30. The van der Waals surface area contributed by atoms with Crippen molar-refractivity contribution >= 4 is 24.3 Å². The molecule has 0 spiro atoms. The van der Waals surface area contributed by atoms with Crippen LogP contribution in [-0.2, 0) is 9.47 Å². The zero-order valence-electron chi connectivity index (χ0n) is 15.9. The lowest BCUT2D eigenvalue weighted by Gasteiger charge is -2.20. The molecule has 0 aliphatic heterocycles. The van der Waals surface area contributed by atoms with Crippen LogP contribution in [0.1, 0.15) is 51.9 Å². The van der Waals surface area contributed by atoms with Gasteiger partial charge in [0.1, 0.15) is 11.2 Å². The number of hydrogen-bond donors (Lipinski definition) is 0. The predicted octanol–water partition coefficient (Wildman–Crippen LogP) is 4.04. The van der Waals surface area contributed by atoms with E-state index >= 15 is 0 Å². The van der Waals surface area contributed by atoms with Crippen LogP contribution in [0.15, 0.2) is 12.1 Å².